The molecule has 1 amide bonds. The number of likely N-dealkylation sites (tertiary alicyclic amines) is 1. The second-order valence-corrected chi connectivity index (χ2v) is 5.13. The molecule has 1 aliphatic rings. The van der Waals surface area contributed by atoms with E-state index in [0.717, 1.165) is 6.42 Å². The smallest absolute Gasteiger partial charge is 0.272 e. The Morgan fingerprint density at radius 1 is 1.58 bits per heavy atom. The van der Waals surface area contributed by atoms with Crippen molar-refractivity contribution < 1.29 is 9.72 Å². The average molecular weight is 283 g/mol. The van der Waals surface area contributed by atoms with Gasteiger partial charge in [0.05, 0.1) is 4.92 Å². The molecule has 0 N–H and O–H groups in total. The Bertz CT molecular complexity index is 519. The van der Waals surface area contributed by atoms with Gasteiger partial charge in [-0.3, -0.25) is 14.9 Å². The maximum Gasteiger partial charge on any atom is 0.272 e. The first-order valence-corrected chi connectivity index (χ1v) is 6.66. The largest absolute Gasteiger partial charge is 0.338 e. The Kier molecular flexibility index (Phi) is 4.04. The van der Waals surface area contributed by atoms with Crippen LogP contribution in [0.2, 0.25) is 0 Å². The lowest BCUT2D eigenvalue weighted by atomic mass is 10.1. The van der Waals surface area contributed by atoms with Gasteiger partial charge in [0.25, 0.3) is 11.6 Å². The first-order chi connectivity index (χ1) is 9.02. The first-order valence-electron chi connectivity index (χ1n) is 6.13. The number of carbonyl (C=O) groups excluding carboxylic acids is 1. The van der Waals surface area contributed by atoms with E-state index >= 15 is 0 Å². The molecule has 0 saturated carbocycles. The summed E-state index contributed by atoms with van der Waals surface area (Å²) >= 11 is 5.79. The van der Waals surface area contributed by atoms with E-state index in [2.05, 4.69) is 0 Å². The molecule has 5 nitrogen and oxygen atoms in total. The van der Waals surface area contributed by atoms with E-state index in [-0.39, 0.29) is 11.6 Å². The number of carbonyl (C=O) groups is 1. The number of rotatable bonds is 3. The number of amides is 1. The molecule has 1 aliphatic heterocycles. The summed E-state index contributed by atoms with van der Waals surface area (Å²) < 4.78 is 0. The van der Waals surface area contributed by atoms with Crippen LogP contribution in [0.3, 0.4) is 0 Å². The predicted octanol–water partition coefficient (Wildman–Crippen LogP) is 2.60. The van der Waals surface area contributed by atoms with Crippen LogP contribution in [0, 0.1) is 23.0 Å². The van der Waals surface area contributed by atoms with Gasteiger partial charge < -0.3 is 4.90 Å². The van der Waals surface area contributed by atoms with Crippen molar-refractivity contribution in [3.05, 3.63) is 39.4 Å². The molecule has 0 spiro atoms. The van der Waals surface area contributed by atoms with E-state index < -0.39 is 4.92 Å². The lowest BCUT2D eigenvalue weighted by Gasteiger charge is -2.16. The van der Waals surface area contributed by atoms with Gasteiger partial charge in [-0.25, -0.2) is 0 Å². The zero-order valence-corrected chi connectivity index (χ0v) is 11.4. The lowest BCUT2D eigenvalue weighted by molar-refractivity contribution is -0.385. The third kappa shape index (κ3) is 2.87. The van der Waals surface area contributed by atoms with E-state index in [1.807, 2.05) is 0 Å². The molecule has 1 aromatic rings. The van der Waals surface area contributed by atoms with Gasteiger partial charge >= 0.3 is 0 Å². The fourth-order valence-electron chi connectivity index (χ4n) is 2.32. The van der Waals surface area contributed by atoms with E-state index in [0.29, 0.717) is 36.0 Å². The highest BCUT2D eigenvalue weighted by Gasteiger charge is 2.26. The van der Waals surface area contributed by atoms with Crippen molar-refractivity contribution >= 4 is 23.2 Å². The maximum absolute atomic E-state index is 12.3. The van der Waals surface area contributed by atoms with Crippen LogP contribution in [0.1, 0.15) is 22.3 Å². The molecule has 0 aromatic heterocycles. The van der Waals surface area contributed by atoms with Crippen LogP contribution in [0.5, 0.6) is 0 Å². The van der Waals surface area contributed by atoms with Crippen molar-refractivity contribution in [2.75, 3.05) is 19.0 Å². The van der Waals surface area contributed by atoms with Crippen LogP contribution in [0.15, 0.2) is 18.2 Å². The first kappa shape index (κ1) is 13.8. The zero-order chi connectivity index (χ0) is 14.0. The standard InChI is InChI=1S/C13H15ClN2O3/c1-9-6-11(2-3-12(9)16(18)19)13(17)15-5-4-10(7-14)8-15/h2-3,6,10H,4-5,7-8H2,1H3. The lowest BCUT2D eigenvalue weighted by Crippen LogP contribution is -2.28. The quantitative estimate of drug-likeness (QED) is 0.486. The zero-order valence-electron chi connectivity index (χ0n) is 10.6. The average Bonchev–Trinajstić information content (AvgIpc) is 2.86. The molecule has 1 unspecified atom stereocenters. The minimum atomic E-state index is -0.441. The molecule has 1 aromatic carbocycles. The molecule has 0 radical (unpaired) electrons. The fourth-order valence-corrected chi connectivity index (χ4v) is 2.57. The van der Waals surface area contributed by atoms with Gasteiger partial charge in [0.15, 0.2) is 0 Å². The summed E-state index contributed by atoms with van der Waals surface area (Å²) in [5.41, 5.74) is 1.04. The number of nitro benzene ring substituents is 1. The highest BCUT2D eigenvalue weighted by atomic mass is 35.5. The Morgan fingerprint density at radius 3 is 2.84 bits per heavy atom. The topological polar surface area (TPSA) is 63.5 Å². The summed E-state index contributed by atoms with van der Waals surface area (Å²) in [6, 6.07) is 4.48. The van der Waals surface area contributed by atoms with Gasteiger partial charge in [0.1, 0.15) is 0 Å². The molecular formula is C13H15ClN2O3. The Labute approximate surface area is 116 Å². The summed E-state index contributed by atoms with van der Waals surface area (Å²) in [4.78, 5) is 24.3. The van der Waals surface area contributed by atoms with E-state index in [1.165, 1.54) is 12.1 Å². The molecule has 1 atom stereocenters. The Balaban J connectivity index is 2.16. The summed E-state index contributed by atoms with van der Waals surface area (Å²) in [6.45, 7) is 3.01. The number of alkyl halides is 1. The van der Waals surface area contributed by atoms with Crippen molar-refractivity contribution in [1.29, 1.82) is 0 Å². The molecular weight excluding hydrogens is 268 g/mol. The molecule has 1 heterocycles. The van der Waals surface area contributed by atoms with Crippen molar-refractivity contribution in [1.82, 2.24) is 4.90 Å². The number of hydrogen-bond acceptors (Lipinski definition) is 3. The Hall–Kier alpha value is -1.62. The number of nitrogens with zero attached hydrogens (tertiary/aromatic N) is 2. The van der Waals surface area contributed by atoms with Crippen molar-refractivity contribution in [2.45, 2.75) is 13.3 Å². The second kappa shape index (κ2) is 5.57. The van der Waals surface area contributed by atoms with Crippen molar-refractivity contribution in [3.63, 3.8) is 0 Å². The van der Waals surface area contributed by atoms with Gasteiger partial charge in [-0.1, -0.05) is 0 Å². The third-order valence-corrected chi connectivity index (χ3v) is 3.87. The summed E-state index contributed by atoms with van der Waals surface area (Å²) in [6.07, 6.45) is 0.918. The van der Waals surface area contributed by atoms with Gasteiger partial charge in [-0.05, 0) is 31.4 Å². The number of nitro groups is 1. The van der Waals surface area contributed by atoms with E-state index in [4.69, 9.17) is 11.6 Å². The number of benzene rings is 1. The molecule has 19 heavy (non-hydrogen) atoms. The molecule has 1 fully saturated rings. The van der Waals surface area contributed by atoms with Gasteiger partial charge in [-0.15, -0.1) is 11.6 Å². The number of halogens is 1. The van der Waals surface area contributed by atoms with Crippen LogP contribution in [-0.2, 0) is 0 Å². The van der Waals surface area contributed by atoms with Crippen LogP contribution in [0.25, 0.3) is 0 Å². The SMILES string of the molecule is Cc1cc(C(=O)N2CCC(CCl)C2)ccc1[N+](=O)[O-]. The molecule has 2 rings (SSSR count). The maximum atomic E-state index is 12.3. The van der Waals surface area contributed by atoms with E-state index in [9.17, 15) is 14.9 Å². The predicted molar refractivity (Wildman–Crippen MR) is 72.6 cm³/mol. The highest BCUT2D eigenvalue weighted by molar-refractivity contribution is 6.18. The van der Waals surface area contributed by atoms with Crippen LogP contribution in [-0.4, -0.2) is 34.7 Å². The van der Waals surface area contributed by atoms with Crippen molar-refractivity contribution in [2.24, 2.45) is 5.92 Å². The van der Waals surface area contributed by atoms with Gasteiger partial charge in [0.2, 0.25) is 0 Å². The summed E-state index contributed by atoms with van der Waals surface area (Å²) in [7, 11) is 0. The summed E-state index contributed by atoms with van der Waals surface area (Å²) in [5.74, 6) is 0.832. The summed E-state index contributed by atoms with van der Waals surface area (Å²) in [5, 5.41) is 10.7. The molecule has 1 saturated heterocycles. The molecule has 0 bridgehead atoms. The highest BCUT2D eigenvalue weighted by Crippen LogP contribution is 2.23. The fraction of sp³-hybridized carbons (Fsp3) is 0.462. The number of aryl methyl sites for hydroxylation is 1. The van der Waals surface area contributed by atoms with Crippen LogP contribution >= 0.6 is 11.6 Å². The third-order valence-electron chi connectivity index (χ3n) is 3.43. The second-order valence-electron chi connectivity index (χ2n) is 4.82. The van der Waals surface area contributed by atoms with Crippen molar-refractivity contribution in [3.8, 4) is 0 Å². The molecule has 102 valence electrons. The minimum Gasteiger partial charge on any atom is -0.338 e. The number of hydrogen-bond donors (Lipinski definition) is 0. The van der Waals surface area contributed by atoms with E-state index in [1.54, 1.807) is 17.9 Å². The van der Waals surface area contributed by atoms with Gasteiger partial charge in [-0.2, -0.15) is 0 Å². The Morgan fingerprint density at radius 2 is 2.32 bits per heavy atom. The molecule has 6 heteroatoms. The van der Waals surface area contributed by atoms with Gasteiger partial charge in [0, 0.05) is 36.2 Å². The molecule has 0 aliphatic carbocycles. The normalized spacial score (nSPS) is 18.6. The van der Waals surface area contributed by atoms with Crippen LogP contribution < -0.4 is 0 Å². The monoisotopic (exact) mass is 282 g/mol. The minimum absolute atomic E-state index is 0.0385. The van der Waals surface area contributed by atoms with Crippen LogP contribution in [0.4, 0.5) is 5.69 Å².